The van der Waals surface area contributed by atoms with Crippen LogP contribution in [0.25, 0.3) is 22.1 Å². The molecule has 1 aromatic carbocycles. The molecule has 3 heterocycles. The Hall–Kier alpha value is -3.93. The van der Waals surface area contributed by atoms with E-state index in [0.717, 1.165) is 21.2 Å². The number of nitrogens with zero attached hydrogens (tertiary/aromatic N) is 7. The maximum absolute atomic E-state index is 13.2. The average Bonchev–Trinajstić information content (AvgIpc) is 3.10. The standard InChI is InChI=1S/C20H19N7O2/c1-6-26-16-17(23-19(26)24(3)4)25(5)20(29)27(18(16)28)11-15-21-12(2)13-9-7-8-10-14(13)22-15/h1,7-10H,11H2,2-5H3. The molecule has 9 heteroatoms. The van der Waals surface area contributed by atoms with E-state index in [2.05, 4.69) is 21.0 Å². The maximum Gasteiger partial charge on any atom is 0.332 e. The number of fused-ring (bicyclic) bond motifs is 2. The van der Waals surface area contributed by atoms with Gasteiger partial charge in [0.2, 0.25) is 5.95 Å². The summed E-state index contributed by atoms with van der Waals surface area (Å²) in [5.41, 5.74) is 0.883. The predicted molar refractivity (Wildman–Crippen MR) is 111 cm³/mol. The van der Waals surface area contributed by atoms with Gasteiger partial charge < -0.3 is 4.90 Å². The molecule has 0 aliphatic heterocycles. The van der Waals surface area contributed by atoms with Gasteiger partial charge in [0.1, 0.15) is 5.82 Å². The molecular weight excluding hydrogens is 370 g/mol. The Morgan fingerprint density at radius 3 is 2.55 bits per heavy atom. The number of hydrogen-bond donors (Lipinski definition) is 0. The first-order chi connectivity index (χ1) is 13.8. The van der Waals surface area contributed by atoms with Gasteiger partial charge in [0, 0.05) is 38.3 Å². The molecule has 9 nitrogen and oxygen atoms in total. The van der Waals surface area contributed by atoms with Crippen LogP contribution in [-0.2, 0) is 13.6 Å². The van der Waals surface area contributed by atoms with E-state index in [0.29, 0.717) is 11.8 Å². The summed E-state index contributed by atoms with van der Waals surface area (Å²) in [6.07, 6.45) is 5.63. The summed E-state index contributed by atoms with van der Waals surface area (Å²) in [5.74, 6) is 0.768. The summed E-state index contributed by atoms with van der Waals surface area (Å²) >= 11 is 0. The van der Waals surface area contributed by atoms with E-state index in [-0.39, 0.29) is 17.7 Å². The monoisotopic (exact) mass is 389 g/mol. The smallest absolute Gasteiger partial charge is 0.332 e. The van der Waals surface area contributed by atoms with Crippen LogP contribution < -0.4 is 16.1 Å². The highest BCUT2D eigenvalue weighted by molar-refractivity contribution is 5.80. The largest absolute Gasteiger partial charge is 0.347 e. The van der Waals surface area contributed by atoms with Crippen molar-refractivity contribution in [1.82, 2.24) is 28.7 Å². The van der Waals surface area contributed by atoms with Gasteiger partial charge in [0.15, 0.2) is 11.2 Å². The van der Waals surface area contributed by atoms with Gasteiger partial charge in [-0.3, -0.25) is 13.9 Å². The molecule has 0 unspecified atom stereocenters. The Labute approximate surface area is 165 Å². The molecule has 0 amide bonds. The molecule has 0 saturated heterocycles. The number of para-hydroxylation sites is 1. The van der Waals surface area contributed by atoms with Crippen LogP contribution in [-0.4, -0.2) is 42.7 Å². The summed E-state index contributed by atoms with van der Waals surface area (Å²) in [6, 6.07) is 10.1. The molecule has 0 N–H and O–H groups in total. The van der Waals surface area contributed by atoms with Gasteiger partial charge in [-0.2, -0.15) is 4.98 Å². The van der Waals surface area contributed by atoms with Crippen LogP contribution >= 0.6 is 0 Å². The van der Waals surface area contributed by atoms with Gasteiger partial charge in [-0.1, -0.05) is 24.6 Å². The van der Waals surface area contributed by atoms with E-state index < -0.39 is 11.2 Å². The van der Waals surface area contributed by atoms with Crippen LogP contribution in [0.1, 0.15) is 11.5 Å². The fraction of sp³-hybridized carbons (Fsp3) is 0.250. The zero-order valence-electron chi connectivity index (χ0n) is 16.5. The Kier molecular flexibility index (Phi) is 4.19. The summed E-state index contributed by atoms with van der Waals surface area (Å²) in [7, 11) is 5.08. The molecule has 4 rings (SSSR count). The van der Waals surface area contributed by atoms with Crippen molar-refractivity contribution in [3.8, 4) is 12.5 Å². The van der Waals surface area contributed by atoms with Crippen molar-refractivity contribution in [3.63, 3.8) is 0 Å². The van der Waals surface area contributed by atoms with Gasteiger partial charge in [-0.15, -0.1) is 0 Å². The highest BCUT2D eigenvalue weighted by atomic mass is 16.2. The highest BCUT2D eigenvalue weighted by Crippen LogP contribution is 2.17. The summed E-state index contributed by atoms with van der Waals surface area (Å²) in [6.45, 7) is 1.80. The minimum absolute atomic E-state index is 0.0693. The molecule has 0 saturated carbocycles. The molecule has 146 valence electrons. The summed E-state index contributed by atoms with van der Waals surface area (Å²) < 4.78 is 3.74. The Bertz CT molecular complexity index is 1430. The van der Waals surface area contributed by atoms with E-state index >= 15 is 0 Å². The molecule has 0 atom stereocenters. The van der Waals surface area contributed by atoms with Gasteiger partial charge in [0.05, 0.1) is 12.1 Å². The van der Waals surface area contributed by atoms with E-state index in [1.807, 2.05) is 31.2 Å². The summed E-state index contributed by atoms with van der Waals surface area (Å²) in [5, 5.41) is 0.924. The van der Waals surface area contributed by atoms with Crippen LogP contribution in [0, 0.1) is 19.4 Å². The number of imidazole rings is 1. The molecule has 0 bridgehead atoms. The van der Waals surface area contributed by atoms with Gasteiger partial charge in [-0.25, -0.2) is 19.3 Å². The van der Waals surface area contributed by atoms with Crippen LogP contribution in [0.15, 0.2) is 33.9 Å². The fourth-order valence-corrected chi connectivity index (χ4v) is 3.38. The van der Waals surface area contributed by atoms with E-state index in [1.54, 1.807) is 26.0 Å². The number of hydrogen-bond acceptors (Lipinski definition) is 6. The minimum Gasteiger partial charge on any atom is -0.347 e. The van der Waals surface area contributed by atoms with Crippen LogP contribution in [0.5, 0.6) is 0 Å². The lowest BCUT2D eigenvalue weighted by atomic mass is 10.2. The van der Waals surface area contributed by atoms with Gasteiger partial charge in [0.25, 0.3) is 5.56 Å². The molecule has 0 radical (unpaired) electrons. The number of benzene rings is 1. The Morgan fingerprint density at radius 1 is 1.14 bits per heavy atom. The first-order valence-corrected chi connectivity index (χ1v) is 8.92. The second-order valence-corrected chi connectivity index (χ2v) is 6.92. The third-order valence-corrected chi connectivity index (χ3v) is 4.79. The van der Waals surface area contributed by atoms with Crippen molar-refractivity contribution in [2.75, 3.05) is 19.0 Å². The molecule has 0 aliphatic rings. The van der Waals surface area contributed by atoms with Crippen LogP contribution in [0.4, 0.5) is 5.95 Å². The molecule has 0 fully saturated rings. The number of rotatable bonds is 3. The van der Waals surface area contributed by atoms with Gasteiger partial charge in [-0.05, 0) is 13.0 Å². The molecule has 0 aliphatic carbocycles. The summed E-state index contributed by atoms with van der Waals surface area (Å²) in [4.78, 5) is 41.1. The molecule has 4 aromatic rings. The Morgan fingerprint density at radius 2 is 1.86 bits per heavy atom. The third kappa shape index (κ3) is 2.77. The SMILES string of the molecule is C#Cn1c(N(C)C)nc2c1c(=O)n(Cc1nc(C)c3ccccc3n1)c(=O)n2C. The van der Waals surface area contributed by atoms with Crippen molar-refractivity contribution >= 4 is 28.0 Å². The number of aryl methyl sites for hydroxylation is 2. The van der Waals surface area contributed by atoms with Crippen molar-refractivity contribution in [2.45, 2.75) is 13.5 Å². The number of aromatic nitrogens is 6. The lowest BCUT2D eigenvalue weighted by Crippen LogP contribution is -2.40. The number of anilines is 1. The Balaban J connectivity index is 1.97. The lowest BCUT2D eigenvalue weighted by molar-refractivity contribution is 0.635. The van der Waals surface area contributed by atoms with Gasteiger partial charge >= 0.3 is 5.69 Å². The third-order valence-electron chi connectivity index (χ3n) is 4.79. The zero-order valence-corrected chi connectivity index (χ0v) is 16.5. The average molecular weight is 389 g/mol. The first-order valence-electron chi connectivity index (χ1n) is 8.92. The second kappa shape index (κ2) is 6.60. The topological polar surface area (TPSA) is 90.8 Å². The van der Waals surface area contributed by atoms with Crippen molar-refractivity contribution < 1.29 is 0 Å². The van der Waals surface area contributed by atoms with Crippen molar-refractivity contribution in [1.29, 1.82) is 0 Å². The fourth-order valence-electron chi connectivity index (χ4n) is 3.38. The second-order valence-electron chi connectivity index (χ2n) is 6.92. The van der Waals surface area contributed by atoms with Crippen molar-refractivity contribution in [2.24, 2.45) is 7.05 Å². The quantitative estimate of drug-likeness (QED) is 0.479. The zero-order chi connectivity index (χ0) is 20.9. The first kappa shape index (κ1) is 18.4. The van der Waals surface area contributed by atoms with Crippen LogP contribution in [0.2, 0.25) is 0 Å². The molecule has 0 spiro atoms. The van der Waals surface area contributed by atoms with Crippen molar-refractivity contribution in [3.05, 3.63) is 56.6 Å². The van der Waals surface area contributed by atoms with E-state index in [9.17, 15) is 9.59 Å². The lowest BCUT2D eigenvalue weighted by Gasteiger charge is -2.10. The van der Waals surface area contributed by atoms with E-state index in [4.69, 9.17) is 6.42 Å². The molecule has 29 heavy (non-hydrogen) atoms. The van der Waals surface area contributed by atoms with Crippen LogP contribution in [0.3, 0.4) is 0 Å². The minimum atomic E-state index is -0.531. The number of terminal acetylenes is 1. The van der Waals surface area contributed by atoms with E-state index in [1.165, 1.54) is 9.13 Å². The molecule has 3 aromatic heterocycles. The maximum atomic E-state index is 13.2. The molecular formula is C20H19N7O2. The normalized spacial score (nSPS) is 11.1. The predicted octanol–water partition coefficient (Wildman–Crippen LogP) is 0.701. The highest BCUT2D eigenvalue weighted by Gasteiger charge is 2.21.